The second kappa shape index (κ2) is 11.8. The van der Waals surface area contributed by atoms with Gasteiger partial charge in [0.1, 0.15) is 18.1 Å². The van der Waals surface area contributed by atoms with Crippen molar-refractivity contribution in [3.05, 3.63) is 76.5 Å². The number of halogens is 3. The van der Waals surface area contributed by atoms with E-state index in [1.807, 2.05) is 37.3 Å². The van der Waals surface area contributed by atoms with E-state index in [1.165, 1.54) is 6.07 Å². The summed E-state index contributed by atoms with van der Waals surface area (Å²) in [4.78, 5) is 2.27. The molecule has 0 saturated carbocycles. The fraction of sp³-hybridized carbons (Fsp3) is 0.407. The molecule has 2 aliphatic rings. The first-order chi connectivity index (χ1) is 17.3. The average molecular weight is 502 g/mol. The van der Waals surface area contributed by atoms with Gasteiger partial charge in [-0.05, 0) is 49.7 Å². The van der Waals surface area contributed by atoms with E-state index in [0.29, 0.717) is 30.9 Å². The molecule has 0 aliphatic carbocycles. The van der Waals surface area contributed by atoms with Gasteiger partial charge in [0, 0.05) is 24.2 Å². The number of nitrogens with zero attached hydrogens (tertiary/aromatic N) is 3. The highest BCUT2D eigenvalue weighted by molar-refractivity contribution is 5.72. The van der Waals surface area contributed by atoms with E-state index >= 15 is 0 Å². The molecule has 0 radical (unpaired) electrons. The predicted octanol–water partition coefficient (Wildman–Crippen LogP) is 5.07. The zero-order valence-electron chi connectivity index (χ0n) is 20.5. The van der Waals surface area contributed by atoms with Crippen LogP contribution in [-0.4, -0.2) is 55.1 Å². The molecule has 1 aromatic heterocycles. The Morgan fingerprint density at radius 1 is 0.944 bits per heavy atom. The van der Waals surface area contributed by atoms with Crippen molar-refractivity contribution in [3.63, 3.8) is 0 Å². The fourth-order valence-electron chi connectivity index (χ4n) is 4.04. The van der Waals surface area contributed by atoms with Crippen LogP contribution in [0.5, 0.6) is 5.75 Å². The number of aryl methyl sites for hydroxylation is 1. The first-order valence-corrected chi connectivity index (χ1v) is 11.9. The highest BCUT2D eigenvalue weighted by atomic mass is 19.4. The number of aromatic nitrogens is 2. The van der Waals surface area contributed by atoms with E-state index in [2.05, 4.69) is 22.1 Å². The van der Waals surface area contributed by atoms with Gasteiger partial charge in [-0.2, -0.15) is 18.3 Å². The van der Waals surface area contributed by atoms with Crippen LogP contribution in [0.15, 0.2) is 48.5 Å². The number of benzene rings is 2. The van der Waals surface area contributed by atoms with Crippen molar-refractivity contribution in [2.45, 2.75) is 32.7 Å². The molecule has 192 valence electrons. The fourth-order valence-corrected chi connectivity index (χ4v) is 4.04. The van der Waals surface area contributed by atoms with Gasteiger partial charge in [-0.1, -0.05) is 30.3 Å². The van der Waals surface area contributed by atoms with Crippen LogP contribution in [-0.2, 0) is 35.3 Å². The molecular formula is C27H30F3N3O3. The number of fused-ring (bicyclic) bond motifs is 1. The van der Waals surface area contributed by atoms with Gasteiger partial charge in [-0.15, -0.1) is 5.10 Å². The van der Waals surface area contributed by atoms with Gasteiger partial charge in [0.15, 0.2) is 0 Å². The lowest BCUT2D eigenvalue weighted by Gasteiger charge is -2.22. The lowest BCUT2D eigenvalue weighted by Crippen LogP contribution is -2.32. The molecule has 36 heavy (non-hydrogen) atoms. The van der Waals surface area contributed by atoms with Crippen LogP contribution >= 0.6 is 0 Å². The first kappa shape index (κ1) is 26.1. The van der Waals surface area contributed by atoms with Gasteiger partial charge in [-0.25, -0.2) is 0 Å². The zero-order chi connectivity index (χ0) is 25.5. The third-order valence-corrected chi connectivity index (χ3v) is 6.17. The van der Waals surface area contributed by atoms with Crippen LogP contribution in [0.2, 0.25) is 0 Å². The Bertz CT molecular complexity index is 1150. The van der Waals surface area contributed by atoms with E-state index in [-0.39, 0.29) is 12.4 Å². The maximum absolute atomic E-state index is 13.3. The summed E-state index contributed by atoms with van der Waals surface area (Å²) in [6.07, 6.45) is -3.84. The summed E-state index contributed by atoms with van der Waals surface area (Å²) < 4.78 is 56.3. The molecule has 0 amide bonds. The van der Waals surface area contributed by atoms with Gasteiger partial charge in [0.2, 0.25) is 0 Å². The minimum atomic E-state index is -4.46. The largest absolute Gasteiger partial charge is 0.488 e. The molecule has 5 rings (SSSR count). The third kappa shape index (κ3) is 6.60. The average Bonchev–Trinajstić information content (AvgIpc) is 2.89. The summed E-state index contributed by atoms with van der Waals surface area (Å²) in [7, 11) is 2.11. The van der Waals surface area contributed by atoms with Gasteiger partial charge in [0.05, 0.1) is 37.7 Å². The van der Waals surface area contributed by atoms with E-state index in [4.69, 9.17) is 14.2 Å². The monoisotopic (exact) mass is 501 g/mol. The summed E-state index contributed by atoms with van der Waals surface area (Å²) >= 11 is 0. The third-order valence-electron chi connectivity index (χ3n) is 6.17. The molecule has 0 atom stereocenters. The second-order valence-corrected chi connectivity index (χ2v) is 8.79. The highest BCUT2D eigenvalue weighted by Gasteiger charge is 2.32. The first-order valence-electron chi connectivity index (χ1n) is 11.9. The van der Waals surface area contributed by atoms with Gasteiger partial charge < -0.3 is 19.1 Å². The number of hydrogen-bond acceptors (Lipinski definition) is 6. The van der Waals surface area contributed by atoms with Crippen molar-refractivity contribution in [2.24, 2.45) is 0 Å². The maximum atomic E-state index is 13.3. The number of ether oxygens (including phenoxy) is 3. The van der Waals surface area contributed by atoms with Crippen molar-refractivity contribution in [3.8, 4) is 17.0 Å². The number of rotatable bonds is 4. The molecule has 0 unspecified atom stereocenters. The molecule has 1 saturated heterocycles. The van der Waals surface area contributed by atoms with Gasteiger partial charge in [-0.3, -0.25) is 0 Å². The molecular weight excluding hydrogens is 471 g/mol. The van der Waals surface area contributed by atoms with Crippen LogP contribution in [0, 0.1) is 6.92 Å². The standard InChI is InChI=1S/C22H19F3N2O2.C5H11NO/c1-14-19-13-28-10-9-17(19)21(27-26-14)18-8-7-16(22(23,24)25)11-20(18)29-12-15-5-3-2-4-6-15;1-6-2-4-7-5-3-6/h2-8,11H,9-10,12-13H2,1H3;2-5H2,1H3. The quantitative estimate of drug-likeness (QED) is 0.498. The van der Waals surface area contributed by atoms with Crippen molar-refractivity contribution in [1.29, 1.82) is 0 Å². The second-order valence-electron chi connectivity index (χ2n) is 8.79. The Kier molecular flexibility index (Phi) is 8.56. The molecule has 2 aliphatic heterocycles. The Balaban J connectivity index is 0.000000375. The van der Waals surface area contributed by atoms with Crippen molar-refractivity contribution >= 4 is 0 Å². The molecule has 9 heteroatoms. The molecule has 0 N–H and O–H groups in total. The van der Waals surface area contributed by atoms with E-state index in [9.17, 15) is 13.2 Å². The van der Waals surface area contributed by atoms with Gasteiger partial charge >= 0.3 is 6.18 Å². The number of alkyl halides is 3. The van der Waals surface area contributed by atoms with Crippen molar-refractivity contribution < 1.29 is 27.4 Å². The summed E-state index contributed by atoms with van der Waals surface area (Å²) in [5.74, 6) is 0.135. The van der Waals surface area contributed by atoms with Crippen molar-refractivity contribution in [2.75, 3.05) is 40.0 Å². The van der Waals surface area contributed by atoms with Crippen LogP contribution in [0.4, 0.5) is 13.2 Å². The zero-order valence-corrected chi connectivity index (χ0v) is 20.5. The molecule has 3 aromatic rings. The van der Waals surface area contributed by atoms with Crippen LogP contribution in [0.25, 0.3) is 11.3 Å². The van der Waals surface area contributed by atoms with Gasteiger partial charge in [0.25, 0.3) is 0 Å². The smallest absolute Gasteiger partial charge is 0.416 e. The number of likely N-dealkylation sites (N-methyl/N-ethyl adjacent to an activating group) is 1. The van der Waals surface area contributed by atoms with E-state index in [0.717, 1.165) is 60.8 Å². The molecule has 0 bridgehead atoms. The highest BCUT2D eigenvalue weighted by Crippen LogP contribution is 2.39. The van der Waals surface area contributed by atoms with Crippen LogP contribution in [0.3, 0.4) is 0 Å². The topological polar surface area (TPSA) is 56.7 Å². The number of morpholine rings is 1. The normalized spacial score (nSPS) is 16.0. The maximum Gasteiger partial charge on any atom is 0.416 e. The number of hydrogen-bond donors (Lipinski definition) is 0. The summed E-state index contributed by atoms with van der Waals surface area (Å²) in [5.41, 5.74) is 3.80. The summed E-state index contributed by atoms with van der Waals surface area (Å²) in [6, 6.07) is 12.8. The summed E-state index contributed by atoms with van der Waals surface area (Å²) in [5, 5.41) is 8.49. The molecule has 0 spiro atoms. The van der Waals surface area contributed by atoms with Crippen LogP contribution < -0.4 is 4.74 Å². The molecule has 2 aromatic carbocycles. The van der Waals surface area contributed by atoms with Crippen LogP contribution in [0.1, 0.15) is 27.9 Å². The molecule has 3 heterocycles. The van der Waals surface area contributed by atoms with Crippen molar-refractivity contribution in [1.82, 2.24) is 15.1 Å². The predicted molar refractivity (Wildman–Crippen MR) is 130 cm³/mol. The Morgan fingerprint density at radius 2 is 1.69 bits per heavy atom. The minimum Gasteiger partial charge on any atom is -0.488 e. The van der Waals surface area contributed by atoms with E-state index < -0.39 is 11.7 Å². The van der Waals surface area contributed by atoms with E-state index in [1.54, 1.807) is 0 Å². The molecule has 1 fully saturated rings. The summed E-state index contributed by atoms with van der Waals surface area (Å²) in [6.45, 7) is 6.98. The lowest BCUT2D eigenvalue weighted by atomic mass is 9.95. The molecule has 6 nitrogen and oxygen atoms in total. The Morgan fingerprint density at radius 3 is 2.36 bits per heavy atom. The Hall–Kier alpha value is -3.01. The minimum absolute atomic E-state index is 0.135. The lowest BCUT2D eigenvalue weighted by molar-refractivity contribution is -0.137. The SMILES string of the molecule is CN1CCOCC1.Cc1nnc(-c2ccc(C(F)(F)F)cc2OCc2ccccc2)c2c1COCC2. The Labute approximate surface area is 209 Å².